The number of benzene rings is 2. The van der Waals surface area contributed by atoms with Gasteiger partial charge in [-0.05, 0) is 31.5 Å². The summed E-state index contributed by atoms with van der Waals surface area (Å²) in [7, 11) is -3.63. The molecule has 0 amide bonds. The Morgan fingerprint density at radius 3 is 2.09 bits per heavy atom. The second-order valence-electron chi connectivity index (χ2n) is 5.00. The van der Waals surface area contributed by atoms with Crippen LogP contribution in [0.1, 0.15) is 24.1 Å². The number of nitrogens with one attached hydrogen (secondary N) is 1. The Morgan fingerprint density at radius 2 is 1.59 bits per heavy atom. The summed E-state index contributed by atoms with van der Waals surface area (Å²) >= 11 is 0. The third-order valence-corrected chi connectivity index (χ3v) is 4.82. The number of nitro groups is 1. The van der Waals surface area contributed by atoms with Crippen molar-refractivity contribution in [1.29, 1.82) is 0 Å². The van der Waals surface area contributed by atoms with Crippen molar-refractivity contribution in [3.05, 3.63) is 69.8 Å². The number of nitrogens with zero attached hydrogens (tertiary/aromatic N) is 1. The summed E-state index contributed by atoms with van der Waals surface area (Å²) < 4.78 is 27.1. The van der Waals surface area contributed by atoms with Crippen LogP contribution >= 0.6 is 0 Å². The van der Waals surface area contributed by atoms with Crippen molar-refractivity contribution >= 4 is 15.7 Å². The van der Waals surface area contributed by atoms with Gasteiger partial charge >= 0.3 is 0 Å². The molecule has 1 unspecified atom stereocenters. The van der Waals surface area contributed by atoms with Gasteiger partial charge in [-0.2, -0.15) is 0 Å². The molecule has 0 saturated carbocycles. The highest BCUT2D eigenvalue weighted by Gasteiger charge is 2.18. The normalized spacial score (nSPS) is 12.8. The van der Waals surface area contributed by atoms with Gasteiger partial charge in [-0.15, -0.1) is 0 Å². The summed E-state index contributed by atoms with van der Waals surface area (Å²) in [5, 5.41) is 10.6. The molecule has 0 aliphatic rings. The minimum absolute atomic E-state index is 0.0302. The van der Waals surface area contributed by atoms with Gasteiger partial charge in [-0.3, -0.25) is 10.1 Å². The number of rotatable bonds is 5. The van der Waals surface area contributed by atoms with E-state index < -0.39 is 21.0 Å². The summed E-state index contributed by atoms with van der Waals surface area (Å²) in [5.41, 5.74) is 1.60. The predicted octanol–water partition coefficient (Wildman–Crippen LogP) is 2.94. The number of aryl methyl sites for hydroxylation is 1. The first-order valence-electron chi connectivity index (χ1n) is 6.63. The van der Waals surface area contributed by atoms with E-state index in [0.717, 1.165) is 5.56 Å². The molecule has 2 aromatic carbocycles. The maximum absolute atomic E-state index is 12.3. The first-order chi connectivity index (χ1) is 10.3. The summed E-state index contributed by atoms with van der Waals surface area (Å²) in [6.07, 6.45) is 0. The zero-order valence-corrected chi connectivity index (χ0v) is 13.0. The van der Waals surface area contributed by atoms with Crippen LogP contribution in [0.25, 0.3) is 0 Å². The van der Waals surface area contributed by atoms with Crippen LogP contribution in [0.15, 0.2) is 53.4 Å². The van der Waals surface area contributed by atoms with E-state index in [1.807, 2.05) is 6.92 Å². The molecule has 2 rings (SSSR count). The van der Waals surface area contributed by atoms with Crippen LogP contribution in [0.4, 0.5) is 5.69 Å². The Balaban J connectivity index is 2.18. The first kappa shape index (κ1) is 16.1. The van der Waals surface area contributed by atoms with Crippen molar-refractivity contribution in [2.24, 2.45) is 0 Å². The minimum Gasteiger partial charge on any atom is -0.258 e. The molecule has 7 heteroatoms. The Hall–Kier alpha value is -2.25. The van der Waals surface area contributed by atoms with Crippen LogP contribution in [0.2, 0.25) is 0 Å². The Labute approximate surface area is 129 Å². The number of non-ortho nitro benzene ring substituents is 1. The van der Waals surface area contributed by atoms with Crippen LogP contribution in [-0.2, 0) is 10.0 Å². The minimum atomic E-state index is -3.63. The van der Waals surface area contributed by atoms with Crippen molar-refractivity contribution in [2.45, 2.75) is 24.8 Å². The summed E-state index contributed by atoms with van der Waals surface area (Å²) in [6, 6.07) is 11.8. The average Bonchev–Trinajstić information content (AvgIpc) is 2.47. The molecule has 0 radical (unpaired) electrons. The molecule has 1 N–H and O–H groups in total. The van der Waals surface area contributed by atoms with E-state index in [1.54, 1.807) is 43.3 Å². The van der Waals surface area contributed by atoms with E-state index in [1.165, 1.54) is 12.1 Å². The van der Waals surface area contributed by atoms with Crippen molar-refractivity contribution in [3.63, 3.8) is 0 Å². The average molecular weight is 320 g/mol. The van der Waals surface area contributed by atoms with Crippen molar-refractivity contribution < 1.29 is 13.3 Å². The van der Waals surface area contributed by atoms with E-state index in [0.29, 0.717) is 5.56 Å². The lowest BCUT2D eigenvalue weighted by Gasteiger charge is -2.14. The molecule has 0 heterocycles. The quantitative estimate of drug-likeness (QED) is 0.677. The molecule has 22 heavy (non-hydrogen) atoms. The van der Waals surface area contributed by atoms with E-state index in [9.17, 15) is 18.5 Å². The second kappa shape index (κ2) is 6.25. The molecular weight excluding hydrogens is 304 g/mol. The Kier molecular flexibility index (Phi) is 4.58. The number of hydrogen-bond acceptors (Lipinski definition) is 4. The van der Waals surface area contributed by atoms with E-state index in [4.69, 9.17) is 0 Å². The van der Waals surface area contributed by atoms with Gasteiger partial charge in [0.05, 0.1) is 9.82 Å². The largest absolute Gasteiger partial charge is 0.269 e. The number of hydrogen-bond donors (Lipinski definition) is 1. The molecule has 0 aliphatic carbocycles. The van der Waals surface area contributed by atoms with Crippen LogP contribution in [0.3, 0.4) is 0 Å². The lowest BCUT2D eigenvalue weighted by molar-refractivity contribution is -0.384. The SMILES string of the molecule is Cc1ccc(S(=O)(=O)NC(C)c2ccc([N+](=O)[O-])cc2)cc1. The van der Waals surface area contributed by atoms with Gasteiger partial charge in [0.15, 0.2) is 0 Å². The van der Waals surface area contributed by atoms with Crippen molar-refractivity contribution in [1.82, 2.24) is 4.72 Å². The lowest BCUT2D eigenvalue weighted by Crippen LogP contribution is -2.26. The summed E-state index contributed by atoms with van der Waals surface area (Å²) in [4.78, 5) is 10.3. The van der Waals surface area contributed by atoms with Gasteiger partial charge in [-0.25, -0.2) is 13.1 Å². The fraction of sp³-hybridized carbons (Fsp3) is 0.200. The molecule has 0 aliphatic heterocycles. The van der Waals surface area contributed by atoms with Crippen LogP contribution in [0, 0.1) is 17.0 Å². The zero-order chi connectivity index (χ0) is 16.3. The molecule has 1 atom stereocenters. The number of sulfonamides is 1. The van der Waals surface area contributed by atoms with Gasteiger partial charge in [-0.1, -0.05) is 29.8 Å². The maximum Gasteiger partial charge on any atom is 0.269 e. The van der Waals surface area contributed by atoms with Gasteiger partial charge < -0.3 is 0 Å². The van der Waals surface area contributed by atoms with Crippen molar-refractivity contribution in [2.75, 3.05) is 0 Å². The molecule has 0 bridgehead atoms. The smallest absolute Gasteiger partial charge is 0.258 e. The Bertz CT molecular complexity index is 768. The fourth-order valence-electron chi connectivity index (χ4n) is 1.97. The fourth-order valence-corrected chi connectivity index (χ4v) is 3.20. The molecular formula is C15H16N2O4S. The third kappa shape index (κ3) is 3.69. The molecule has 0 saturated heterocycles. The second-order valence-corrected chi connectivity index (χ2v) is 6.72. The van der Waals surface area contributed by atoms with Crippen molar-refractivity contribution in [3.8, 4) is 0 Å². The molecule has 0 spiro atoms. The highest BCUT2D eigenvalue weighted by molar-refractivity contribution is 7.89. The first-order valence-corrected chi connectivity index (χ1v) is 8.11. The van der Waals surface area contributed by atoms with E-state index in [2.05, 4.69) is 4.72 Å². The molecule has 0 aromatic heterocycles. The Morgan fingerprint density at radius 1 is 1.05 bits per heavy atom. The summed E-state index contributed by atoms with van der Waals surface area (Å²) in [6.45, 7) is 3.57. The summed E-state index contributed by atoms with van der Waals surface area (Å²) in [5.74, 6) is 0. The zero-order valence-electron chi connectivity index (χ0n) is 12.2. The highest BCUT2D eigenvalue weighted by atomic mass is 32.2. The molecule has 6 nitrogen and oxygen atoms in total. The maximum atomic E-state index is 12.3. The highest BCUT2D eigenvalue weighted by Crippen LogP contribution is 2.20. The van der Waals surface area contributed by atoms with Gasteiger partial charge in [0, 0.05) is 18.2 Å². The van der Waals surface area contributed by atoms with Gasteiger partial charge in [0.2, 0.25) is 10.0 Å². The standard InChI is InChI=1S/C15H16N2O4S/c1-11-3-9-15(10-4-11)22(20,21)16-12(2)13-5-7-14(8-6-13)17(18)19/h3-10,12,16H,1-2H3. The number of nitro benzene ring substituents is 1. The third-order valence-electron chi connectivity index (χ3n) is 3.27. The van der Waals surface area contributed by atoms with Gasteiger partial charge in [0.25, 0.3) is 5.69 Å². The molecule has 0 fully saturated rings. The molecule has 2 aromatic rings. The van der Waals surface area contributed by atoms with E-state index >= 15 is 0 Å². The lowest BCUT2D eigenvalue weighted by atomic mass is 10.1. The van der Waals surface area contributed by atoms with Gasteiger partial charge in [0.1, 0.15) is 0 Å². The van der Waals surface area contributed by atoms with Crippen LogP contribution < -0.4 is 4.72 Å². The topological polar surface area (TPSA) is 89.3 Å². The predicted molar refractivity (Wildman–Crippen MR) is 83.0 cm³/mol. The molecule has 116 valence electrons. The van der Waals surface area contributed by atoms with Crippen LogP contribution in [-0.4, -0.2) is 13.3 Å². The monoisotopic (exact) mass is 320 g/mol. The van der Waals surface area contributed by atoms with E-state index in [-0.39, 0.29) is 10.6 Å². The van der Waals surface area contributed by atoms with Crippen LogP contribution in [0.5, 0.6) is 0 Å².